The Kier molecular flexibility index (Phi) is 3.07. The molecular formula is C16H15N5O. The molecule has 22 heavy (non-hydrogen) atoms. The van der Waals surface area contributed by atoms with E-state index in [1.807, 2.05) is 29.2 Å². The van der Waals surface area contributed by atoms with Crippen molar-refractivity contribution in [3.05, 3.63) is 48.4 Å². The van der Waals surface area contributed by atoms with Crippen molar-refractivity contribution in [1.82, 2.24) is 24.5 Å². The van der Waals surface area contributed by atoms with Crippen LogP contribution in [-0.2, 0) is 0 Å². The molecule has 6 heteroatoms. The van der Waals surface area contributed by atoms with Gasteiger partial charge in [0.25, 0.3) is 5.91 Å². The number of hydrogen-bond donors (Lipinski definition) is 0. The lowest BCUT2D eigenvalue weighted by atomic mass is 10.2. The van der Waals surface area contributed by atoms with Gasteiger partial charge >= 0.3 is 0 Å². The quantitative estimate of drug-likeness (QED) is 0.725. The van der Waals surface area contributed by atoms with E-state index in [0.29, 0.717) is 11.2 Å². The maximum atomic E-state index is 12.6. The lowest BCUT2D eigenvalue weighted by molar-refractivity contribution is 0.0794. The number of nitrogens with zero attached hydrogens (tertiary/aromatic N) is 5. The van der Waals surface area contributed by atoms with Gasteiger partial charge in [0.05, 0.1) is 17.6 Å². The zero-order chi connectivity index (χ0) is 14.9. The summed E-state index contributed by atoms with van der Waals surface area (Å²) in [5.41, 5.74) is 2.77. The molecule has 1 aliphatic heterocycles. The molecule has 6 nitrogen and oxygen atoms in total. The fraction of sp³-hybridized carbons (Fsp3) is 0.250. The van der Waals surface area contributed by atoms with Gasteiger partial charge in [0.1, 0.15) is 5.56 Å². The number of fused-ring (bicyclic) bond motifs is 1. The molecule has 0 radical (unpaired) electrons. The first-order valence-corrected chi connectivity index (χ1v) is 7.38. The van der Waals surface area contributed by atoms with Crippen LogP contribution in [0.1, 0.15) is 23.2 Å². The van der Waals surface area contributed by atoms with Crippen molar-refractivity contribution in [2.24, 2.45) is 0 Å². The molecule has 0 bridgehead atoms. The SMILES string of the molecule is O=C(c1cnn2c(-c3ccccn3)ccnc12)N1CCCC1. The number of pyridine rings is 1. The van der Waals surface area contributed by atoms with Crippen LogP contribution in [-0.4, -0.2) is 43.5 Å². The average molecular weight is 293 g/mol. The van der Waals surface area contributed by atoms with Crippen LogP contribution in [0.4, 0.5) is 0 Å². The second kappa shape index (κ2) is 5.22. The largest absolute Gasteiger partial charge is 0.338 e. The maximum Gasteiger partial charge on any atom is 0.259 e. The van der Waals surface area contributed by atoms with Crippen LogP contribution in [0.3, 0.4) is 0 Å². The number of carbonyl (C=O) groups is 1. The minimum absolute atomic E-state index is 0.0122. The number of likely N-dealkylation sites (tertiary alicyclic amines) is 1. The molecule has 3 aromatic rings. The minimum Gasteiger partial charge on any atom is -0.338 e. The van der Waals surface area contributed by atoms with Crippen LogP contribution in [0, 0.1) is 0 Å². The first-order valence-electron chi connectivity index (χ1n) is 7.38. The molecule has 1 amide bonds. The van der Waals surface area contributed by atoms with Gasteiger partial charge in [0.15, 0.2) is 5.65 Å². The lowest BCUT2D eigenvalue weighted by Gasteiger charge is -2.13. The zero-order valence-electron chi connectivity index (χ0n) is 12.0. The minimum atomic E-state index is 0.0122. The predicted octanol–water partition coefficient (Wildman–Crippen LogP) is 2.03. The van der Waals surface area contributed by atoms with Gasteiger partial charge in [-0.05, 0) is 31.0 Å². The molecule has 110 valence electrons. The summed E-state index contributed by atoms with van der Waals surface area (Å²) in [5, 5.41) is 4.35. The molecule has 3 aromatic heterocycles. The Labute approximate surface area is 127 Å². The summed E-state index contributed by atoms with van der Waals surface area (Å²) in [6.07, 6.45) is 7.17. The molecule has 1 saturated heterocycles. The van der Waals surface area contributed by atoms with Gasteiger partial charge in [-0.25, -0.2) is 9.50 Å². The first kappa shape index (κ1) is 12.9. The van der Waals surface area contributed by atoms with Crippen molar-refractivity contribution >= 4 is 11.6 Å². The highest BCUT2D eigenvalue weighted by Crippen LogP contribution is 2.20. The molecule has 4 rings (SSSR count). The molecule has 0 aliphatic carbocycles. The smallest absolute Gasteiger partial charge is 0.259 e. The Hall–Kier alpha value is -2.76. The molecule has 0 atom stereocenters. The van der Waals surface area contributed by atoms with E-state index >= 15 is 0 Å². The van der Waals surface area contributed by atoms with Gasteiger partial charge in [0.2, 0.25) is 0 Å². The van der Waals surface area contributed by atoms with Gasteiger partial charge in [0, 0.05) is 25.5 Å². The van der Waals surface area contributed by atoms with Crippen molar-refractivity contribution in [2.45, 2.75) is 12.8 Å². The number of aromatic nitrogens is 4. The Morgan fingerprint density at radius 3 is 2.68 bits per heavy atom. The highest BCUT2D eigenvalue weighted by atomic mass is 16.2. The highest BCUT2D eigenvalue weighted by molar-refractivity contribution is 6.00. The van der Waals surface area contributed by atoms with E-state index in [4.69, 9.17) is 0 Å². The fourth-order valence-corrected chi connectivity index (χ4v) is 2.84. The Bertz CT molecular complexity index is 821. The van der Waals surface area contributed by atoms with E-state index in [0.717, 1.165) is 37.3 Å². The normalized spacial score (nSPS) is 14.6. The summed E-state index contributed by atoms with van der Waals surface area (Å²) in [4.78, 5) is 23.1. The second-order valence-electron chi connectivity index (χ2n) is 5.34. The van der Waals surface area contributed by atoms with Gasteiger partial charge in [-0.2, -0.15) is 5.10 Å². The topological polar surface area (TPSA) is 63.4 Å². The monoisotopic (exact) mass is 293 g/mol. The van der Waals surface area contributed by atoms with Crippen molar-refractivity contribution < 1.29 is 4.79 Å². The third-order valence-corrected chi connectivity index (χ3v) is 3.95. The standard InChI is InChI=1S/C16H15N5O/c22-16(20-9-3-4-10-20)12-11-19-21-14(6-8-18-15(12)21)13-5-1-2-7-17-13/h1-2,5-8,11H,3-4,9-10H2. The predicted molar refractivity (Wildman–Crippen MR) is 81.4 cm³/mol. The molecule has 1 aliphatic rings. The number of carbonyl (C=O) groups excluding carboxylic acids is 1. The summed E-state index contributed by atoms with van der Waals surface area (Å²) in [7, 11) is 0. The zero-order valence-corrected chi connectivity index (χ0v) is 12.0. The van der Waals surface area contributed by atoms with Gasteiger partial charge in [-0.15, -0.1) is 0 Å². The van der Waals surface area contributed by atoms with E-state index in [1.165, 1.54) is 0 Å². The second-order valence-corrected chi connectivity index (χ2v) is 5.34. The summed E-state index contributed by atoms with van der Waals surface area (Å²) in [6.45, 7) is 1.63. The molecular weight excluding hydrogens is 278 g/mol. The first-order chi connectivity index (χ1) is 10.8. The Balaban J connectivity index is 1.82. The van der Waals surface area contributed by atoms with E-state index < -0.39 is 0 Å². The molecule has 4 heterocycles. The van der Waals surface area contributed by atoms with Gasteiger partial charge in [-0.1, -0.05) is 6.07 Å². The van der Waals surface area contributed by atoms with Crippen LogP contribution >= 0.6 is 0 Å². The Morgan fingerprint density at radius 2 is 1.91 bits per heavy atom. The van der Waals surface area contributed by atoms with E-state index in [9.17, 15) is 4.79 Å². The fourth-order valence-electron chi connectivity index (χ4n) is 2.84. The van der Waals surface area contributed by atoms with Crippen LogP contribution in [0.5, 0.6) is 0 Å². The molecule has 0 unspecified atom stereocenters. The number of rotatable bonds is 2. The van der Waals surface area contributed by atoms with Crippen LogP contribution in [0.25, 0.3) is 17.0 Å². The molecule has 0 saturated carbocycles. The molecule has 1 fully saturated rings. The molecule has 0 N–H and O–H groups in total. The van der Waals surface area contributed by atoms with Crippen molar-refractivity contribution in [3.8, 4) is 11.4 Å². The maximum absolute atomic E-state index is 12.6. The highest BCUT2D eigenvalue weighted by Gasteiger charge is 2.23. The summed E-state index contributed by atoms with van der Waals surface area (Å²) < 4.78 is 1.69. The van der Waals surface area contributed by atoms with Crippen LogP contribution < -0.4 is 0 Å². The summed E-state index contributed by atoms with van der Waals surface area (Å²) in [5.74, 6) is 0.0122. The van der Waals surface area contributed by atoms with E-state index in [-0.39, 0.29) is 5.91 Å². The van der Waals surface area contributed by atoms with Crippen molar-refractivity contribution in [1.29, 1.82) is 0 Å². The van der Waals surface area contributed by atoms with Gasteiger partial charge in [-0.3, -0.25) is 9.78 Å². The average Bonchev–Trinajstić information content (AvgIpc) is 3.24. The van der Waals surface area contributed by atoms with E-state index in [2.05, 4.69) is 15.1 Å². The van der Waals surface area contributed by atoms with Crippen molar-refractivity contribution in [3.63, 3.8) is 0 Å². The van der Waals surface area contributed by atoms with E-state index in [1.54, 1.807) is 23.1 Å². The number of amides is 1. The van der Waals surface area contributed by atoms with Crippen LogP contribution in [0.2, 0.25) is 0 Å². The molecule has 0 spiro atoms. The third-order valence-electron chi connectivity index (χ3n) is 3.95. The lowest BCUT2D eigenvalue weighted by Crippen LogP contribution is -2.27. The summed E-state index contributed by atoms with van der Waals surface area (Å²) >= 11 is 0. The number of hydrogen-bond acceptors (Lipinski definition) is 4. The summed E-state index contributed by atoms with van der Waals surface area (Å²) in [6, 6.07) is 7.56. The Morgan fingerprint density at radius 1 is 1.05 bits per heavy atom. The van der Waals surface area contributed by atoms with Gasteiger partial charge < -0.3 is 4.90 Å². The molecule has 0 aromatic carbocycles. The van der Waals surface area contributed by atoms with Crippen molar-refractivity contribution in [2.75, 3.05) is 13.1 Å². The third kappa shape index (κ3) is 2.04. The van der Waals surface area contributed by atoms with Crippen LogP contribution in [0.15, 0.2) is 42.9 Å².